The third-order valence-corrected chi connectivity index (χ3v) is 2.29. The summed E-state index contributed by atoms with van der Waals surface area (Å²) < 4.78 is 13.0. The highest BCUT2D eigenvalue weighted by atomic mass is 35.5. The molecule has 0 aliphatic rings. The number of halogens is 2. The molecule has 0 aliphatic carbocycles. The molecule has 88 valence electrons. The minimum absolute atomic E-state index is 0.0473. The first-order valence-electron chi connectivity index (χ1n) is 4.92. The number of aliphatic carboxylic acids is 1. The number of carboxylic acids is 1. The highest BCUT2D eigenvalue weighted by Gasteiger charge is 2.06. The van der Waals surface area contributed by atoms with Crippen molar-refractivity contribution >= 4 is 23.3 Å². The van der Waals surface area contributed by atoms with E-state index < -0.39 is 11.8 Å². The van der Waals surface area contributed by atoms with Crippen LogP contribution in [0.2, 0.25) is 5.02 Å². The van der Waals surface area contributed by atoms with E-state index in [0.29, 0.717) is 17.1 Å². The maximum atomic E-state index is 13.0. The molecule has 0 spiro atoms. The first-order chi connectivity index (χ1) is 7.47. The Balaban J connectivity index is 2.55. The summed E-state index contributed by atoms with van der Waals surface area (Å²) in [6, 6.07) is 4.09. The summed E-state index contributed by atoms with van der Waals surface area (Å²) in [5, 5.41) is 11.8. The molecule has 0 aromatic heterocycles. The molecule has 0 aliphatic heterocycles. The lowest BCUT2D eigenvalue weighted by Gasteiger charge is -2.14. The molecule has 0 saturated carbocycles. The lowest BCUT2D eigenvalue weighted by atomic mass is 10.1. The van der Waals surface area contributed by atoms with Gasteiger partial charge in [-0.25, -0.2) is 4.39 Å². The maximum Gasteiger partial charge on any atom is 0.303 e. The molecular weight excluding hydrogens is 233 g/mol. The van der Waals surface area contributed by atoms with Crippen LogP contribution in [0.15, 0.2) is 18.2 Å². The van der Waals surface area contributed by atoms with Gasteiger partial charge in [-0.3, -0.25) is 4.79 Å². The van der Waals surface area contributed by atoms with Gasteiger partial charge in [-0.2, -0.15) is 0 Å². The molecule has 0 fully saturated rings. The van der Waals surface area contributed by atoms with Crippen molar-refractivity contribution in [1.82, 2.24) is 0 Å². The average Bonchev–Trinajstić information content (AvgIpc) is 2.12. The zero-order chi connectivity index (χ0) is 12.1. The van der Waals surface area contributed by atoms with Crippen LogP contribution >= 0.6 is 11.6 Å². The summed E-state index contributed by atoms with van der Waals surface area (Å²) in [6.45, 7) is 1.84. The summed E-state index contributed by atoms with van der Waals surface area (Å²) >= 11 is 5.69. The monoisotopic (exact) mass is 245 g/mol. The molecule has 2 N–H and O–H groups in total. The molecule has 1 rings (SSSR count). The van der Waals surface area contributed by atoms with E-state index >= 15 is 0 Å². The predicted molar refractivity (Wildman–Crippen MR) is 61.4 cm³/mol. The first kappa shape index (κ1) is 12.8. The van der Waals surface area contributed by atoms with Crippen molar-refractivity contribution in [2.75, 3.05) is 5.32 Å². The van der Waals surface area contributed by atoms with Crippen molar-refractivity contribution in [3.05, 3.63) is 29.0 Å². The van der Waals surface area contributed by atoms with Crippen molar-refractivity contribution < 1.29 is 14.3 Å². The van der Waals surface area contributed by atoms with Crippen molar-refractivity contribution in [2.24, 2.45) is 0 Å². The molecule has 0 heterocycles. The van der Waals surface area contributed by atoms with Crippen LogP contribution in [-0.2, 0) is 4.79 Å². The Kier molecular flexibility index (Phi) is 4.55. The molecule has 16 heavy (non-hydrogen) atoms. The van der Waals surface area contributed by atoms with Crippen LogP contribution in [0.5, 0.6) is 0 Å². The molecule has 1 unspecified atom stereocenters. The summed E-state index contributed by atoms with van der Waals surface area (Å²) in [4.78, 5) is 10.4. The quantitative estimate of drug-likeness (QED) is 0.838. The number of nitrogens with one attached hydrogen (secondary N) is 1. The number of hydrogen-bond donors (Lipinski definition) is 2. The van der Waals surface area contributed by atoms with Gasteiger partial charge in [-0.1, -0.05) is 11.6 Å². The van der Waals surface area contributed by atoms with Gasteiger partial charge in [0.1, 0.15) is 5.82 Å². The second-order valence-corrected chi connectivity index (χ2v) is 4.07. The zero-order valence-corrected chi connectivity index (χ0v) is 9.59. The summed E-state index contributed by atoms with van der Waals surface area (Å²) in [6.07, 6.45) is 0.556. The second-order valence-electron chi connectivity index (χ2n) is 3.64. The van der Waals surface area contributed by atoms with Crippen molar-refractivity contribution in [3.8, 4) is 0 Å². The van der Waals surface area contributed by atoms with Gasteiger partial charge < -0.3 is 10.4 Å². The molecule has 0 bridgehead atoms. The standard InChI is InChI=1S/C11H13ClFNO2/c1-7(2-3-11(15)16)14-10-5-8(12)4-9(13)6-10/h4-7,14H,2-3H2,1H3,(H,15,16). The molecule has 0 amide bonds. The predicted octanol–water partition coefficient (Wildman–Crippen LogP) is 3.14. The van der Waals surface area contributed by atoms with Crippen LogP contribution in [0.1, 0.15) is 19.8 Å². The van der Waals surface area contributed by atoms with Crippen LogP contribution in [-0.4, -0.2) is 17.1 Å². The van der Waals surface area contributed by atoms with Crippen LogP contribution in [0.3, 0.4) is 0 Å². The van der Waals surface area contributed by atoms with E-state index in [1.54, 1.807) is 6.07 Å². The summed E-state index contributed by atoms with van der Waals surface area (Å²) in [5.41, 5.74) is 0.558. The topological polar surface area (TPSA) is 49.3 Å². The summed E-state index contributed by atoms with van der Waals surface area (Å²) in [5.74, 6) is -1.26. The number of benzene rings is 1. The Morgan fingerprint density at radius 2 is 2.25 bits per heavy atom. The fourth-order valence-corrected chi connectivity index (χ4v) is 1.56. The Labute approximate surface area is 98.2 Å². The van der Waals surface area contributed by atoms with E-state index in [2.05, 4.69) is 5.32 Å². The SMILES string of the molecule is CC(CCC(=O)O)Nc1cc(F)cc(Cl)c1. The van der Waals surface area contributed by atoms with Gasteiger partial charge in [0.25, 0.3) is 0 Å². The van der Waals surface area contributed by atoms with Crippen LogP contribution in [0.25, 0.3) is 0 Å². The zero-order valence-electron chi connectivity index (χ0n) is 8.84. The van der Waals surface area contributed by atoms with E-state index in [-0.39, 0.29) is 12.5 Å². The van der Waals surface area contributed by atoms with E-state index in [4.69, 9.17) is 16.7 Å². The fourth-order valence-electron chi connectivity index (χ4n) is 1.33. The Morgan fingerprint density at radius 1 is 1.56 bits per heavy atom. The highest BCUT2D eigenvalue weighted by Crippen LogP contribution is 2.19. The summed E-state index contributed by atoms with van der Waals surface area (Å²) in [7, 11) is 0. The molecule has 1 aromatic carbocycles. The molecular formula is C11H13ClFNO2. The number of carbonyl (C=O) groups is 1. The Hall–Kier alpha value is -1.29. The van der Waals surface area contributed by atoms with Gasteiger partial charge in [-0.05, 0) is 31.5 Å². The number of carboxylic acid groups (broad SMARTS) is 1. The molecule has 5 heteroatoms. The molecule has 1 aromatic rings. The lowest BCUT2D eigenvalue weighted by Crippen LogP contribution is -2.16. The smallest absolute Gasteiger partial charge is 0.303 e. The molecule has 0 radical (unpaired) electrons. The van der Waals surface area contributed by atoms with Crippen LogP contribution in [0.4, 0.5) is 10.1 Å². The molecule has 1 atom stereocenters. The number of rotatable bonds is 5. The highest BCUT2D eigenvalue weighted by molar-refractivity contribution is 6.30. The third kappa shape index (κ3) is 4.49. The van der Waals surface area contributed by atoms with Crippen molar-refractivity contribution in [2.45, 2.75) is 25.8 Å². The van der Waals surface area contributed by atoms with Gasteiger partial charge >= 0.3 is 5.97 Å². The molecule has 0 saturated heterocycles. The molecule has 3 nitrogen and oxygen atoms in total. The normalized spacial score (nSPS) is 12.2. The van der Waals surface area contributed by atoms with Crippen molar-refractivity contribution in [3.63, 3.8) is 0 Å². The van der Waals surface area contributed by atoms with Crippen molar-refractivity contribution in [1.29, 1.82) is 0 Å². The van der Waals surface area contributed by atoms with E-state index in [9.17, 15) is 9.18 Å². The van der Waals surface area contributed by atoms with E-state index in [1.807, 2.05) is 6.92 Å². The third-order valence-electron chi connectivity index (χ3n) is 2.07. The fraction of sp³-hybridized carbons (Fsp3) is 0.364. The Bertz CT molecular complexity index is 364. The van der Waals surface area contributed by atoms with Gasteiger partial charge in [-0.15, -0.1) is 0 Å². The number of anilines is 1. The second kappa shape index (κ2) is 5.70. The Morgan fingerprint density at radius 3 is 2.81 bits per heavy atom. The largest absolute Gasteiger partial charge is 0.481 e. The average molecular weight is 246 g/mol. The first-order valence-corrected chi connectivity index (χ1v) is 5.29. The van der Waals surface area contributed by atoms with E-state index in [1.165, 1.54) is 12.1 Å². The van der Waals surface area contributed by atoms with Gasteiger partial charge in [0, 0.05) is 23.2 Å². The minimum Gasteiger partial charge on any atom is -0.481 e. The van der Waals surface area contributed by atoms with Crippen LogP contribution < -0.4 is 5.32 Å². The van der Waals surface area contributed by atoms with Gasteiger partial charge in [0.05, 0.1) is 0 Å². The van der Waals surface area contributed by atoms with Gasteiger partial charge in [0.15, 0.2) is 0 Å². The number of hydrogen-bond acceptors (Lipinski definition) is 2. The van der Waals surface area contributed by atoms with Crippen LogP contribution in [0, 0.1) is 5.82 Å². The maximum absolute atomic E-state index is 13.0. The lowest BCUT2D eigenvalue weighted by molar-refractivity contribution is -0.137. The van der Waals surface area contributed by atoms with Gasteiger partial charge in [0.2, 0.25) is 0 Å². The minimum atomic E-state index is -0.842. The van der Waals surface area contributed by atoms with E-state index in [0.717, 1.165) is 0 Å².